The molecule has 5 nitrogen and oxygen atoms in total. The van der Waals surface area contributed by atoms with Crippen molar-refractivity contribution in [2.24, 2.45) is 5.92 Å². The van der Waals surface area contributed by atoms with Gasteiger partial charge >= 0.3 is 0 Å². The molecular weight excluding hydrogens is 262 g/mol. The van der Waals surface area contributed by atoms with Crippen molar-refractivity contribution in [1.29, 1.82) is 0 Å². The van der Waals surface area contributed by atoms with E-state index in [0.29, 0.717) is 5.92 Å². The monoisotopic (exact) mass is 291 g/mol. The highest BCUT2D eigenvalue weighted by Crippen LogP contribution is 2.22. The highest BCUT2D eigenvalue weighted by Gasteiger charge is 2.31. The quantitative estimate of drug-likeness (QED) is 0.895. The molecule has 0 bridgehead atoms. The van der Waals surface area contributed by atoms with Gasteiger partial charge in [-0.1, -0.05) is 13.8 Å². The van der Waals surface area contributed by atoms with Crippen LogP contribution in [0.3, 0.4) is 0 Å². The van der Waals surface area contributed by atoms with E-state index in [1.807, 2.05) is 0 Å². The first kappa shape index (κ1) is 16.2. The van der Waals surface area contributed by atoms with Crippen LogP contribution >= 0.6 is 0 Å². The summed E-state index contributed by atoms with van der Waals surface area (Å²) < 4.78 is 0. The van der Waals surface area contributed by atoms with E-state index >= 15 is 0 Å². The Bertz CT molecular complexity index is 440. The van der Waals surface area contributed by atoms with Crippen molar-refractivity contribution >= 4 is 5.82 Å². The zero-order valence-corrected chi connectivity index (χ0v) is 14.1. The number of nitrogens with one attached hydrogen (secondary N) is 1. The molecule has 2 heterocycles. The SMILES string of the molecule is CC(C)CNCc1ccc(N2CCN(C)C(C)(C)C2)nn1. The van der Waals surface area contributed by atoms with Crippen molar-refractivity contribution in [2.45, 2.75) is 39.8 Å². The summed E-state index contributed by atoms with van der Waals surface area (Å²) in [5, 5.41) is 12.2. The van der Waals surface area contributed by atoms with Gasteiger partial charge in [0.15, 0.2) is 5.82 Å². The summed E-state index contributed by atoms with van der Waals surface area (Å²) in [5.74, 6) is 1.65. The normalized spacial score (nSPS) is 19.2. The van der Waals surface area contributed by atoms with Gasteiger partial charge in [0.2, 0.25) is 0 Å². The molecule has 2 rings (SSSR count). The Morgan fingerprint density at radius 2 is 2.00 bits per heavy atom. The van der Waals surface area contributed by atoms with E-state index < -0.39 is 0 Å². The van der Waals surface area contributed by atoms with Gasteiger partial charge in [0, 0.05) is 31.7 Å². The first-order valence-corrected chi connectivity index (χ1v) is 7.88. The van der Waals surface area contributed by atoms with E-state index in [9.17, 15) is 0 Å². The predicted molar refractivity (Wildman–Crippen MR) is 87.5 cm³/mol. The molecule has 0 aliphatic carbocycles. The van der Waals surface area contributed by atoms with Crippen molar-refractivity contribution in [3.8, 4) is 0 Å². The number of rotatable bonds is 5. The molecule has 1 aromatic heterocycles. The summed E-state index contributed by atoms with van der Waals surface area (Å²) in [4.78, 5) is 4.74. The minimum atomic E-state index is 0.178. The van der Waals surface area contributed by atoms with Crippen LogP contribution in [0.1, 0.15) is 33.4 Å². The van der Waals surface area contributed by atoms with Crippen LogP contribution in [0.25, 0.3) is 0 Å². The smallest absolute Gasteiger partial charge is 0.151 e. The van der Waals surface area contributed by atoms with Crippen molar-refractivity contribution in [3.63, 3.8) is 0 Å². The molecule has 0 atom stereocenters. The zero-order chi connectivity index (χ0) is 15.5. The summed E-state index contributed by atoms with van der Waals surface area (Å²) in [6, 6.07) is 4.18. The van der Waals surface area contributed by atoms with Crippen molar-refractivity contribution in [1.82, 2.24) is 20.4 Å². The third-order valence-electron chi connectivity index (χ3n) is 4.20. The van der Waals surface area contributed by atoms with Crippen LogP contribution < -0.4 is 10.2 Å². The number of nitrogens with zero attached hydrogens (tertiary/aromatic N) is 4. The van der Waals surface area contributed by atoms with Crippen LogP contribution in [0.15, 0.2) is 12.1 Å². The zero-order valence-electron chi connectivity index (χ0n) is 14.1. The lowest BCUT2D eigenvalue weighted by Gasteiger charge is -2.45. The Labute approximate surface area is 128 Å². The number of aromatic nitrogens is 2. The Balaban J connectivity index is 1.93. The van der Waals surface area contributed by atoms with Crippen molar-refractivity contribution < 1.29 is 0 Å². The van der Waals surface area contributed by atoms with E-state index in [0.717, 1.165) is 44.2 Å². The first-order chi connectivity index (χ1) is 9.88. The molecule has 1 aliphatic rings. The minimum Gasteiger partial charge on any atom is -0.352 e. The van der Waals surface area contributed by atoms with E-state index in [1.165, 1.54) is 0 Å². The molecule has 0 saturated carbocycles. The maximum absolute atomic E-state index is 4.41. The maximum Gasteiger partial charge on any atom is 0.151 e. The molecule has 0 aromatic carbocycles. The van der Waals surface area contributed by atoms with Gasteiger partial charge in [0.05, 0.1) is 5.69 Å². The average molecular weight is 291 g/mol. The largest absolute Gasteiger partial charge is 0.352 e. The summed E-state index contributed by atoms with van der Waals surface area (Å²) in [6.07, 6.45) is 0. The number of likely N-dealkylation sites (N-methyl/N-ethyl adjacent to an activating group) is 1. The second kappa shape index (κ2) is 6.71. The Hall–Kier alpha value is -1.20. The van der Waals surface area contributed by atoms with Gasteiger partial charge in [-0.3, -0.25) is 4.90 Å². The van der Waals surface area contributed by atoms with Crippen LogP contribution in [-0.4, -0.2) is 53.9 Å². The third kappa shape index (κ3) is 4.38. The topological polar surface area (TPSA) is 44.3 Å². The Morgan fingerprint density at radius 1 is 1.24 bits per heavy atom. The van der Waals surface area contributed by atoms with Gasteiger partial charge in [-0.25, -0.2) is 0 Å². The molecule has 1 saturated heterocycles. The van der Waals surface area contributed by atoms with Crippen LogP contribution in [0.2, 0.25) is 0 Å². The first-order valence-electron chi connectivity index (χ1n) is 7.88. The van der Waals surface area contributed by atoms with Gasteiger partial charge in [-0.15, -0.1) is 5.10 Å². The second-order valence-electron chi connectivity index (χ2n) is 7.06. The molecular formula is C16H29N5. The van der Waals surface area contributed by atoms with Crippen LogP contribution in [0.5, 0.6) is 0 Å². The van der Waals surface area contributed by atoms with Gasteiger partial charge in [-0.2, -0.15) is 5.10 Å². The second-order valence-corrected chi connectivity index (χ2v) is 7.06. The van der Waals surface area contributed by atoms with Gasteiger partial charge in [0.25, 0.3) is 0 Å². The molecule has 0 unspecified atom stereocenters. The van der Waals surface area contributed by atoms with Crippen LogP contribution in [-0.2, 0) is 6.54 Å². The number of anilines is 1. The molecule has 1 aromatic rings. The molecule has 118 valence electrons. The lowest BCUT2D eigenvalue weighted by Crippen LogP contribution is -2.57. The maximum atomic E-state index is 4.41. The van der Waals surface area contributed by atoms with Crippen molar-refractivity contribution in [2.75, 3.05) is 38.1 Å². The van der Waals surface area contributed by atoms with Gasteiger partial charge < -0.3 is 10.2 Å². The van der Waals surface area contributed by atoms with Crippen LogP contribution in [0, 0.1) is 5.92 Å². The molecule has 1 N–H and O–H groups in total. The molecule has 5 heteroatoms. The summed E-state index contributed by atoms with van der Waals surface area (Å²) in [7, 11) is 2.19. The van der Waals surface area contributed by atoms with E-state index in [1.54, 1.807) is 0 Å². The standard InChI is InChI=1S/C16H29N5/c1-13(2)10-17-11-14-6-7-15(19-18-14)21-9-8-20(5)16(3,4)12-21/h6-7,13,17H,8-12H2,1-5H3. The third-order valence-corrected chi connectivity index (χ3v) is 4.20. The van der Waals surface area contributed by atoms with Gasteiger partial charge in [-0.05, 0) is 45.5 Å². The minimum absolute atomic E-state index is 0.178. The molecule has 21 heavy (non-hydrogen) atoms. The van der Waals surface area contributed by atoms with Gasteiger partial charge in [0.1, 0.15) is 0 Å². The Morgan fingerprint density at radius 3 is 2.57 bits per heavy atom. The Kier molecular flexibility index (Phi) is 5.17. The highest BCUT2D eigenvalue weighted by molar-refractivity contribution is 5.39. The molecule has 1 aliphatic heterocycles. The van der Waals surface area contributed by atoms with E-state index in [4.69, 9.17) is 0 Å². The van der Waals surface area contributed by atoms with Crippen molar-refractivity contribution in [3.05, 3.63) is 17.8 Å². The fourth-order valence-corrected chi connectivity index (χ4v) is 2.54. The van der Waals surface area contributed by atoms with Crippen LogP contribution in [0.4, 0.5) is 5.82 Å². The lowest BCUT2D eigenvalue weighted by atomic mass is 10.00. The summed E-state index contributed by atoms with van der Waals surface area (Å²) in [6.45, 7) is 13.8. The summed E-state index contributed by atoms with van der Waals surface area (Å²) >= 11 is 0. The number of piperazine rings is 1. The fraction of sp³-hybridized carbons (Fsp3) is 0.750. The average Bonchev–Trinajstić information content (AvgIpc) is 2.42. The fourth-order valence-electron chi connectivity index (χ4n) is 2.54. The predicted octanol–water partition coefficient (Wildman–Crippen LogP) is 1.75. The van der Waals surface area contributed by atoms with E-state index in [-0.39, 0.29) is 5.54 Å². The number of hydrogen-bond donors (Lipinski definition) is 1. The molecule has 0 radical (unpaired) electrons. The lowest BCUT2D eigenvalue weighted by molar-refractivity contribution is 0.138. The number of hydrogen-bond acceptors (Lipinski definition) is 5. The molecule has 0 spiro atoms. The highest BCUT2D eigenvalue weighted by atomic mass is 15.3. The molecule has 1 fully saturated rings. The summed E-state index contributed by atoms with van der Waals surface area (Å²) in [5.41, 5.74) is 1.19. The van der Waals surface area contributed by atoms with E-state index in [2.05, 4.69) is 72.2 Å². The molecule has 0 amide bonds.